The van der Waals surface area contributed by atoms with Gasteiger partial charge in [0.05, 0.1) is 22.5 Å². The van der Waals surface area contributed by atoms with Crippen LogP contribution in [0.1, 0.15) is 29.6 Å². The largest absolute Gasteiger partial charge is 0.467 e. The van der Waals surface area contributed by atoms with Crippen LogP contribution in [0.15, 0.2) is 38.7 Å². The van der Waals surface area contributed by atoms with Crippen molar-refractivity contribution < 1.29 is 14.3 Å². The summed E-state index contributed by atoms with van der Waals surface area (Å²) in [6.07, 6.45) is 0.674. The van der Waals surface area contributed by atoms with E-state index >= 15 is 0 Å². The number of rotatable bonds is 5. The van der Waals surface area contributed by atoms with Gasteiger partial charge in [0.2, 0.25) is 5.91 Å². The lowest BCUT2D eigenvalue weighted by atomic mass is 10.1. The van der Waals surface area contributed by atoms with Crippen molar-refractivity contribution in [2.24, 2.45) is 0 Å². The first-order valence-electron chi connectivity index (χ1n) is 5.82. The molecule has 1 amide bonds. The van der Waals surface area contributed by atoms with Gasteiger partial charge in [-0.25, -0.2) is 0 Å². The Labute approximate surface area is 123 Å². The molecule has 0 radical (unpaired) electrons. The number of aliphatic hydroxyl groups excluding tert-OH is 1. The van der Waals surface area contributed by atoms with Gasteiger partial charge >= 0.3 is 0 Å². The van der Waals surface area contributed by atoms with Crippen LogP contribution >= 0.6 is 27.3 Å². The second kappa shape index (κ2) is 6.36. The molecule has 2 aromatic heterocycles. The number of carbonyl (C=O) groups is 1. The van der Waals surface area contributed by atoms with E-state index < -0.39 is 6.10 Å². The number of nitrogens with one attached hydrogen (secondary N) is 1. The van der Waals surface area contributed by atoms with Crippen LogP contribution in [0.4, 0.5) is 0 Å². The molecule has 0 saturated carbocycles. The molecule has 2 aromatic rings. The maximum Gasteiger partial charge on any atom is 0.228 e. The smallest absolute Gasteiger partial charge is 0.228 e. The van der Waals surface area contributed by atoms with Crippen LogP contribution in [0.25, 0.3) is 0 Å². The third kappa shape index (κ3) is 3.68. The standard InChI is InChI=1S/C13H14BrNO3S/c1-8(11-4-5-12(14)19-11)13(17)15-7-9(16)10-3-2-6-18-10/h2-6,8-9,16H,7H2,1H3,(H,15,17)/t8-,9-/m0/s1. The van der Waals surface area contributed by atoms with Gasteiger partial charge in [-0.05, 0) is 47.1 Å². The van der Waals surface area contributed by atoms with Gasteiger partial charge in [-0.3, -0.25) is 4.79 Å². The third-order valence-corrected chi connectivity index (χ3v) is 4.56. The van der Waals surface area contributed by atoms with Gasteiger partial charge < -0.3 is 14.8 Å². The van der Waals surface area contributed by atoms with E-state index in [9.17, 15) is 9.90 Å². The molecule has 0 aliphatic carbocycles. The number of halogens is 1. The summed E-state index contributed by atoms with van der Waals surface area (Å²) in [5, 5.41) is 12.5. The lowest BCUT2D eigenvalue weighted by Crippen LogP contribution is -2.31. The van der Waals surface area contributed by atoms with Gasteiger partial charge in [-0.15, -0.1) is 11.3 Å². The van der Waals surface area contributed by atoms with Crippen molar-refractivity contribution in [1.82, 2.24) is 5.32 Å². The van der Waals surface area contributed by atoms with Crippen LogP contribution in [0.5, 0.6) is 0 Å². The normalized spacial score (nSPS) is 14.1. The topological polar surface area (TPSA) is 62.5 Å². The second-order valence-electron chi connectivity index (χ2n) is 4.14. The SMILES string of the molecule is C[C@H](C(=O)NC[C@H](O)c1ccco1)c1ccc(Br)s1. The predicted molar refractivity (Wildman–Crippen MR) is 77.1 cm³/mol. The molecule has 0 aliphatic heterocycles. The summed E-state index contributed by atoms with van der Waals surface area (Å²) < 4.78 is 6.07. The zero-order valence-electron chi connectivity index (χ0n) is 10.3. The van der Waals surface area contributed by atoms with Gasteiger partial charge in [-0.1, -0.05) is 0 Å². The minimum absolute atomic E-state index is 0.111. The van der Waals surface area contributed by atoms with E-state index in [4.69, 9.17) is 4.42 Å². The van der Waals surface area contributed by atoms with Gasteiger partial charge in [0.25, 0.3) is 0 Å². The summed E-state index contributed by atoms with van der Waals surface area (Å²) in [4.78, 5) is 12.9. The third-order valence-electron chi connectivity index (χ3n) is 2.76. The number of amides is 1. The Hall–Kier alpha value is -1.11. The fourth-order valence-corrected chi connectivity index (χ4v) is 3.10. The van der Waals surface area contributed by atoms with Crippen molar-refractivity contribution >= 4 is 33.2 Å². The molecule has 2 N–H and O–H groups in total. The van der Waals surface area contributed by atoms with Crippen LogP contribution in [0, 0.1) is 0 Å². The summed E-state index contributed by atoms with van der Waals surface area (Å²) in [5.74, 6) is 0.104. The van der Waals surface area contributed by atoms with Crippen molar-refractivity contribution in [1.29, 1.82) is 0 Å². The summed E-state index contributed by atoms with van der Waals surface area (Å²) in [6, 6.07) is 7.21. The van der Waals surface area contributed by atoms with Crippen LogP contribution in [-0.2, 0) is 4.79 Å². The van der Waals surface area contributed by atoms with Crippen molar-refractivity contribution in [3.8, 4) is 0 Å². The Morgan fingerprint density at radius 1 is 1.53 bits per heavy atom. The van der Waals surface area contributed by atoms with E-state index in [1.165, 1.54) is 17.6 Å². The summed E-state index contributed by atoms with van der Waals surface area (Å²) in [6.45, 7) is 1.98. The van der Waals surface area contributed by atoms with E-state index in [1.54, 1.807) is 12.1 Å². The molecule has 19 heavy (non-hydrogen) atoms. The molecular formula is C13H14BrNO3S. The van der Waals surface area contributed by atoms with Crippen LogP contribution < -0.4 is 5.32 Å². The van der Waals surface area contributed by atoms with E-state index in [0.717, 1.165) is 8.66 Å². The highest BCUT2D eigenvalue weighted by molar-refractivity contribution is 9.11. The lowest BCUT2D eigenvalue weighted by Gasteiger charge is -2.13. The molecule has 102 valence electrons. The molecule has 2 atom stereocenters. The Morgan fingerprint density at radius 2 is 2.32 bits per heavy atom. The molecule has 0 spiro atoms. The van der Waals surface area contributed by atoms with Gasteiger partial charge in [0.1, 0.15) is 11.9 Å². The first-order chi connectivity index (χ1) is 9.08. The number of thiophene rings is 1. The first kappa shape index (κ1) is 14.3. The first-order valence-corrected chi connectivity index (χ1v) is 7.43. The maximum absolute atomic E-state index is 12.0. The Balaban J connectivity index is 1.87. The van der Waals surface area contributed by atoms with Gasteiger partial charge in [0.15, 0.2) is 0 Å². The van der Waals surface area contributed by atoms with E-state index in [2.05, 4.69) is 21.2 Å². The molecule has 0 aliphatic rings. The average molecular weight is 344 g/mol. The maximum atomic E-state index is 12.0. The Kier molecular flexibility index (Phi) is 4.79. The molecule has 2 rings (SSSR count). The fourth-order valence-electron chi connectivity index (χ4n) is 1.62. The molecule has 6 heteroatoms. The number of hydrogen-bond acceptors (Lipinski definition) is 4. The highest BCUT2D eigenvalue weighted by atomic mass is 79.9. The van der Waals surface area contributed by atoms with Gasteiger partial charge in [-0.2, -0.15) is 0 Å². The van der Waals surface area contributed by atoms with Crippen LogP contribution in [-0.4, -0.2) is 17.6 Å². The monoisotopic (exact) mass is 343 g/mol. The second-order valence-corrected chi connectivity index (χ2v) is 6.63. The molecule has 2 heterocycles. The van der Waals surface area contributed by atoms with Crippen molar-refractivity contribution in [3.05, 3.63) is 45.0 Å². The summed E-state index contributed by atoms with van der Waals surface area (Å²) in [5.41, 5.74) is 0. The number of carbonyl (C=O) groups excluding carboxylic acids is 1. The molecule has 0 bridgehead atoms. The molecular weight excluding hydrogens is 330 g/mol. The van der Waals surface area contributed by atoms with E-state index in [-0.39, 0.29) is 18.4 Å². The van der Waals surface area contributed by atoms with Crippen molar-refractivity contribution in [2.45, 2.75) is 18.9 Å². The Morgan fingerprint density at radius 3 is 2.89 bits per heavy atom. The lowest BCUT2D eigenvalue weighted by molar-refractivity contribution is -0.122. The minimum Gasteiger partial charge on any atom is -0.467 e. The van der Waals surface area contributed by atoms with Crippen molar-refractivity contribution in [2.75, 3.05) is 6.54 Å². The fraction of sp³-hybridized carbons (Fsp3) is 0.308. The highest BCUT2D eigenvalue weighted by Gasteiger charge is 2.18. The molecule has 4 nitrogen and oxygen atoms in total. The van der Waals surface area contributed by atoms with Gasteiger partial charge in [0, 0.05) is 4.88 Å². The number of aliphatic hydroxyl groups is 1. The number of furan rings is 1. The average Bonchev–Trinajstić information content (AvgIpc) is 3.05. The zero-order valence-corrected chi connectivity index (χ0v) is 12.7. The summed E-state index contributed by atoms with van der Waals surface area (Å²) in [7, 11) is 0. The quantitative estimate of drug-likeness (QED) is 0.876. The van der Waals surface area contributed by atoms with Crippen LogP contribution in [0.3, 0.4) is 0 Å². The van der Waals surface area contributed by atoms with Crippen LogP contribution in [0.2, 0.25) is 0 Å². The molecule has 0 saturated heterocycles. The Bertz CT molecular complexity index is 538. The predicted octanol–water partition coefficient (Wildman–Crippen LogP) is 3.06. The molecule has 0 unspecified atom stereocenters. The summed E-state index contributed by atoms with van der Waals surface area (Å²) >= 11 is 4.90. The van der Waals surface area contributed by atoms with Crippen molar-refractivity contribution in [3.63, 3.8) is 0 Å². The molecule has 0 fully saturated rings. The zero-order chi connectivity index (χ0) is 13.8. The highest BCUT2D eigenvalue weighted by Crippen LogP contribution is 2.28. The number of hydrogen-bond donors (Lipinski definition) is 2. The van der Waals surface area contributed by atoms with E-state index in [0.29, 0.717) is 5.76 Å². The minimum atomic E-state index is -0.818. The van der Waals surface area contributed by atoms with E-state index in [1.807, 2.05) is 19.1 Å². The molecule has 0 aromatic carbocycles.